The molecule has 0 spiro atoms. The van der Waals surface area contributed by atoms with Gasteiger partial charge in [0.05, 0.1) is 17.1 Å². The summed E-state index contributed by atoms with van der Waals surface area (Å²) in [6.45, 7) is 7.97. The van der Waals surface area contributed by atoms with Gasteiger partial charge >= 0.3 is 0 Å². The Kier molecular flexibility index (Phi) is 5.19. The van der Waals surface area contributed by atoms with Gasteiger partial charge in [0.1, 0.15) is 5.82 Å². The smallest absolute Gasteiger partial charge is 0.224 e. The summed E-state index contributed by atoms with van der Waals surface area (Å²) in [6.07, 6.45) is 0.831. The summed E-state index contributed by atoms with van der Waals surface area (Å²) in [5.74, 6) is 1.00. The largest absolute Gasteiger partial charge is 0.346 e. The Bertz CT molecular complexity index is 599. The van der Waals surface area contributed by atoms with Gasteiger partial charge in [0.25, 0.3) is 0 Å². The third-order valence-corrected chi connectivity index (χ3v) is 3.96. The molecule has 2 aromatic rings. The van der Waals surface area contributed by atoms with E-state index in [4.69, 9.17) is 5.73 Å². The maximum atomic E-state index is 12.3. The van der Waals surface area contributed by atoms with Gasteiger partial charge in [-0.3, -0.25) is 4.79 Å². The highest BCUT2D eigenvalue weighted by Gasteiger charge is 2.24. The molecule has 0 aliphatic heterocycles. The minimum Gasteiger partial charge on any atom is -0.346 e. The summed E-state index contributed by atoms with van der Waals surface area (Å²) in [6, 6.07) is 7.59. The number of imidazole rings is 1. The lowest BCUT2D eigenvalue weighted by molar-refractivity contribution is -0.125. The van der Waals surface area contributed by atoms with Gasteiger partial charge in [-0.15, -0.1) is 0 Å². The fraction of sp³-hybridized carbons (Fsp3) is 0.529. The van der Waals surface area contributed by atoms with Crippen LogP contribution in [0.2, 0.25) is 0 Å². The molecule has 0 saturated carbocycles. The van der Waals surface area contributed by atoms with Crippen molar-refractivity contribution >= 4 is 16.9 Å². The predicted octanol–water partition coefficient (Wildman–Crippen LogP) is 2.75. The number of aromatic nitrogens is 2. The number of carbonyl (C=O) groups excluding carboxylic acids is 1. The van der Waals surface area contributed by atoms with Crippen molar-refractivity contribution in [1.82, 2.24) is 15.3 Å². The Morgan fingerprint density at radius 2 is 1.95 bits per heavy atom. The van der Waals surface area contributed by atoms with Crippen molar-refractivity contribution in [3.05, 3.63) is 30.1 Å². The summed E-state index contributed by atoms with van der Waals surface area (Å²) in [7, 11) is 0. The monoisotopic (exact) mass is 302 g/mol. The van der Waals surface area contributed by atoms with Crippen molar-refractivity contribution in [1.29, 1.82) is 0 Å². The second-order valence-corrected chi connectivity index (χ2v) is 6.48. The van der Waals surface area contributed by atoms with Crippen molar-refractivity contribution in [3.8, 4) is 0 Å². The molecule has 0 radical (unpaired) electrons. The first-order valence-corrected chi connectivity index (χ1v) is 7.89. The van der Waals surface area contributed by atoms with Crippen LogP contribution in [0.5, 0.6) is 0 Å². The van der Waals surface area contributed by atoms with Crippen molar-refractivity contribution < 1.29 is 4.79 Å². The van der Waals surface area contributed by atoms with E-state index in [2.05, 4.69) is 29.1 Å². The molecule has 2 rings (SSSR count). The molecule has 3 unspecified atom stereocenters. The number of benzene rings is 1. The molecule has 0 aliphatic rings. The van der Waals surface area contributed by atoms with Crippen LogP contribution in [0.1, 0.15) is 46.0 Å². The minimum atomic E-state index is -0.223. The van der Waals surface area contributed by atoms with Gasteiger partial charge in [-0.05, 0) is 31.4 Å². The highest BCUT2D eigenvalue weighted by atomic mass is 16.2. The van der Waals surface area contributed by atoms with Gasteiger partial charge in [0, 0.05) is 12.0 Å². The lowest BCUT2D eigenvalue weighted by atomic mass is 10.00. The topological polar surface area (TPSA) is 83.8 Å². The first-order valence-electron chi connectivity index (χ1n) is 7.89. The Morgan fingerprint density at radius 3 is 2.55 bits per heavy atom. The van der Waals surface area contributed by atoms with E-state index in [1.54, 1.807) is 0 Å². The highest BCUT2D eigenvalue weighted by molar-refractivity contribution is 5.80. The maximum absolute atomic E-state index is 12.3. The second kappa shape index (κ2) is 6.92. The molecule has 1 heterocycles. The number of para-hydroxylation sites is 2. The number of nitrogens with two attached hydrogens (primary N) is 1. The van der Waals surface area contributed by atoms with Crippen LogP contribution in [0.25, 0.3) is 11.0 Å². The number of hydrogen-bond donors (Lipinski definition) is 3. The number of hydrogen-bond acceptors (Lipinski definition) is 3. The van der Waals surface area contributed by atoms with Crippen LogP contribution in [-0.2, 0) is 4.79 Å². The first-order chi connectivity index (χ1) is 10.4. The zero-order valence-electron chi connectivity index (χ0n) is 13.8. The maximum Gasteiger partial charge on any atom is 0.224 e. The van der Waals surface area contributed by atoms with Crippen LogP contribution in [-0.4, -0.2) is 21.9 Å². The number of nitrogens with one attached hydrogen (secondary N) is 2. The van der Waals surface area contributed by atoms with E-state index in [1.807, 2.05) is 38.1 Å². The molecular formula is C17H26N4O. The Hall–Kier alpha value is -1.88. The van der Waals surface area contributed by atoms with Gasteiger partial charge in [0.15, 0.2) is 0 Å². The van der Waals surface area contributed by atoms with E-state index in [0.717, 1.165) is 23.3 Å². The van der Waals surface area contributed by atoms with Gasteiger partial charge in [0.2, 0.25) is 5.91 Å². The fourth-order valence-corrected chi connectivity index (χ4v) is 2.39. The van der Waals surface area contributed by atoms with Crippen molar-refractivity contribution in [2.24, 2.45) is 17.6 Å². The van der Waals surface area contributed by atoms with Crippen LogP contribution in [0, 0.1) is 11.8 Å². The third kappa shape index (κ3) is 3.85. The van der Waals surface area contributed by atoms with E-state index in [0.29, 0.717) is 5.92 Å². The number of fused-ring (bicyclic) bond motifs is 1. The zero-order valence-corrected chi connectivity index (χ0v) is 13.8. The molecule has 4 N–H and O–H groups in total. The summed E-state index contributed by atoms with van der Waals surface area (Å²) < 4.78 is 0. The van der Waals surface area contributed by atoms with E-state index in [1.165, 1.54) is 0 Å². The normalized spacial score (nSPS) is 15.7. The van der Waals surface area contributed by atoms with Crippen molar-refractivity contribution in [2.45, 2.75) is 46.2 Å². The van der Waals surface area contributed by atoms with Crippen LogP contribution < -0.4 is 11.1 Å². The van der Waals surface area contributed by atoms with E-state index < -0.39 is 0 Å². The molecule has 3 atom stereocenters. The molecule has 22 heavy (non-hydrogen) atoms. The first kappa shape index (κ1) is 16.5. The standard InChI is InChI=1S/C17H26N4O/c1-10(2)9-15(21-17(22)11(3)12(4)18)16-19-13-7-5-6-8-14(13)20-16/h5-8,10-12,15H,9,18H2,1-4H3,(H,19,20)(H,21,22). The molecule has 0 bridgehead atoms. The van der Waals surface area contributed by atoms with Crippen LogP contribution >= 0.6 is 0 Å². The van der Waals surface area contributed by atoms with Gasteiger partial charge in [-0.25, -0.2) is 4.98 Å². The summed E-state index contributed by atoms with van der Waals surface area (Å²) >= 11 is 0. The SMILES string of the molecule is CC(C)CC(NC(=O)C(C)C(C)N)c1nc2ccccc2[nH]1. The van der Waals surface area contributed by atoms with Crippen molar-refractivity contribution in [3.63, 3.8) is 0 Å². The molecule has 120 valence electrons. The molecule has 0 saturated heterocycles. The molecule has 1 aromatic carbocycles. The van der Waals surface area contributed by atoms with Gasteiger partial charge in [-0.2, -0.15) is 0 Å². The van der Waals surface area contributed by atoms with Crippen LogP contribution in [0.15, 0.2) is 24.3 Å². The lowest BCUT2D eigenvalue weighted by Crippen LogP contribution is -2.40. The lowest BCUT2D eigenvalue weighted by Gasteiger charge is -2.22. The van der Waals surface area contributed by atoms with E-state index in [-0.39, 0.29) is 23.9 Å². The van der Waals surface area contributed by atoms with Crippen molar-refractivity contribution in [2.75, 3.05) is 0 Å². The van der Waals surface area contributed by atoms with Crippen LogP contribution in [0.4, 0.5) is 0 Å². The molecule has 0 aliphatic carbocycles. The average molecular weight is 302 g/mol. The molecular weight excluding hydrogens is 276 g/mol. The number of rotatable bonds is 6. The summed E-state index contributed by atoms with van der Waals surface area (Å²) in [5, 5.41) is 3.09. The Morgan fingerprint density at radius 1 is 1.27 bits per heavy atom. The summed E-state index contributed by atoms with van der Waals surface area (Å²) in [4.78, 5) is 20.3. The van der Waals surface area contributed by atoms with E-state index in [9.17, 15) is 4.79 Å². The number of nitrogens with zero attached hydrogens (tertiary/aromatic N) is 1. The highest BCUT2D eigenvalue weighted by Crippen LogP contribution is 2.22. The molecule has 1 amide bonds. The Labute approximate surface area is 131 Å². The molecule has 5 heteroatoms. The molecule has 0 fully saturated rings. The number of amides is 1. The molecule has 5 nitrogen and oxygen atoms in total. The minimum absolute atomic E-state index is 0.0268. The fourth-order valence-electron chi connectivity index (χ4n) is 2.39. The van der Waals surface area contributed by atoms with E-state index >= 15 is 0 Å². The predicted molar refractivity (Wildman–Crippen MR) is 89.2 cm³/mol. The number of H-pyrrole nitrogens is 1. The number of aromatic amines is 1. The van der Waals surface area contributed by atoms with Crippen LogP contribution in [0.3, 0.4) is 0 Å². The zero-order chi connectivity index (χ0) is 16.3. The summed E-state index contributed by atoms with van der Waals surface area (Å²) in [5.41, 5.74) is 7.73. The number of carbonyl (C=O) groups is 1. The Balaban J connectivity index is 2.23. The third-order valence-electron chi connectivity index (χ3n) is 3.96. The second-order valence-electron chi connectivity index (χ2n) is 6.48. The van der Waals surface area contributed by atoms with Gasteiger partial charge in [-0.1, -0.05) is 32.9 Å². The van der Waals surface area contributed by atoms with Gasteiger partial charge < -0.3 is 16.0 Å². The quantitative estimate of drug-likeness (QED) is 0.767. The molecule has 1 aromatic heterocycles. The average Bonchev–Trinajstić information content (AvgIpc) is 2.88.